The first-order valence-corrected chi connectivity index (χ1v) is 9.05. The molecule has 140 valence electrons. The van der Waals surface area contributed by atoms with Crippen LogP contribution in [0.2, 0.25) is 5.02 Å². The van der Waals surface area contributed by atoms with Crippen molar-refractivity contribution in [2.75, 3.05) is 5.32 Å². The van der Waals surface area contributed by atoms with E-state index in [4.69, 9.17) is 11.6 Å². The van der Waals surface area contributed by atoms with E-state index in [2.05, 4.69) is 10.6 Å². The minimum absolute atomic E-state index is 0.142. The van der Waals surface area contributed by atoms with Gasteiger partial charge in [-0.2, -0.15) is 0 Å². The minimum atomic E-state index is -0.333. The number of urea groups is 1. The molecule has 3 rings (SSSR count). The van der Waals surface area contributed by atoms with Gasteiger partial charge in [0.15, 0.2) is 0 Å². The summed E-state index contributed by atoms with van der Waals surface area (Å²) in [6.45, 7) is 2.13. The van der Waals surface area contributed by atoms with Gasteiger partial charge in [0, 0.05) is 23.6 Å². The summed E-state index contributed by atoms with van der Waals surface area (Å²) in [4.78, 5) is 36.8. The summed E-state index contributed by atoms with van der Waals surface area (Å²) in [5.41, 5.74) is 2.36. The number of amides is 4. The number of nitrogens with one attached hydrogen (secondary N) is 2. The third kappa shape index (κ3) is 4.86. The molecule has 2 N–H and O–H groups in total. The topological polar surface area (TPSA) is 78.5 Å². The van der Waals surface area contributed by atoms with Crippen LogP contribution in [0.15, 0.2) is 48.5 Å². The molecule has 1 unspecified atom stereocenters. The molecule has 4 amide bonds. The molecule has 0 radical (unpaired) electrons. The smallest absolute Gasteiger partial charge is 0.319 e. The van der Waals surface area contributed by atoms with Crippen molar-refractivity contribution in [1.82, 2.24) is 10.2 Å². The molecule has 0 spiro atoms. The van der Waals surface area contributed by atoms with Gasteiger partial charge >= 0.3 is 6.03 Å². The molecule has 0 saturated carbocycles. The van der Waals surface area contributed by atoms with Crippen LogP contribution < -0.4 is 10.6 Å². The maximum absolute atomic E-state index is 12.2. The molecule has 1 atom stereocenters. The third-order valence-electron chi connectivity index (χ3n) is 4.40. The first-order chi connectivity index (χ1) is 12.9. The molecule has 1 aliphatic heterocycles. The van der Waals surface area contributed by atoms with Gasteiger partial charge in [0.1, 0.15) is 0 Å². The van der Waals surface area contributed by atoms with Crippen molar-refractivity contribution in [1.29, 1.82) is 0 Å². The van der Waals surface area contributed by atoms with Gasteiger partial charge < -0.3 is 10.6 Å². The van der Waals surface area contributed by atoms with E-state index in [1.54, 1.807) is 30.3 Å². The first-order valence-electron chi connectivity index (χ1n) is 8.67. The Balaban J connectivity index is 1.55. The molecule has 0 aromatic heterocycles. The fourth-order valence-electron chi connectivity index (χ4n) is 2.90. The van der Waals surface area contributed by atoms with Crippen molar-refractivity contribution < 1.29 is 14.4 Å². The van der Waals surface area contributed by atoms with Crippen molar-refractivity contribution in [3.63, 3.8) is 0 Å². The Morgan fingerprint density at radius 1 is 1.11 bits per heavy atom. The molecule has 1 heterocycles. The number of rotatable bonds is 5. The maximum Gasteiger partial charge on any atom is 0.319 e. The van der Waals surface area contributed by atoms with Gasteiger partial charge in [-0.05, 0) is 42.3 Å². The third-order valence-corrected chi connectivity index (χ3v) is 4.64. The van der Waals surface area contributed by atoms with E-state index in [9.17, 15) is 14.4 Å². The normalized spacial score (nSPS) is 15.0. The van der Waals surface area contributed by atoms with E-state index in [1.165, 1.54) is 4.90 Å². The summed E-state index contributed by atoms with van der Waals surface area (Å²) >= 11 is 5.98. The average Bonchev–Trinajstić information content (AvgIpc) is 2.95. The van der Waals surface area contributed by atoms with Crippen molar-refractivity contribution in [2.24, 2.45) is 0 Å². The lowest BCUT2D eigenvalue weighted by atomic mass is 10.1. The number of hydrogen-bond acceptors (Lipinski definition) is 3. The number of likely N-dealkylation sites (tertiary alicyclic amines) is 1. The largest absolute Gasteiger partial charge is 0.331 e. The van der Waals surface area contributed by atoms with Crippen LogP contribution in [0.5, 0.6) is 0 Å². The Morgan fingerprint density at radius 2 is 1.78 bits per heavy atom. The first kappa shape index (κ1) is 18.9. The lowest BCUT2D eigenvalue weighted by Gasteiger charge is -2.16. The van der Waals surface area contributed by atoms with Gasteiger partial charge in [-0.15, -0.1) is 0 Å². The van der Waals surface area contributed by atoms with Crippen LogP contribution in [0.1, 0.15) is 36.9 Å². The number of hydrogen-bond donors (Lipinski definition) is 2. The minimum Gasteiger partial charge on any atom is -0.331 e. The molecular weight excluding hydrogens is 366 g/mol. The van der Waals surface area contributed by atoms with Crippen LogP contribution in [0.25, 0.3) is 0 Å². The Hall–Kier alpha value is -2.86. The second-order valence-electron chi connectivity index (χ2n) is 6.45. The number of halogens is 1. The molecule has 2 aromatic carbocycles. The van der Waals surface area contributed by atoms with Gasteiger partial charge in [-0.3, -0.25) is 14.5 Å². The van der Waals surface area contributed by atoms with E-state index in [0.29, 0.717) is 10.7 Å². The Morgan fingerprint density at radius 3 is 2.41 bits per heavy atom. The van der Waals surface area contributed by atoms with E-state index >= 15 is 0 Å². The molecule has 1 saturated heterocycles. The summed E-state index contributed by atoms with van der Waals surface area (Å²) in [7, 11) is 0. The Labute approximate surface area is 162 Å². The maximum atomic E-state index is 12.2. The molecular formula is C20H20ClN3O3. The van der Waals surface area contributed by atoms with Gasteiger partial charge in [0.2, 0.25) is 11.8 Å². The van der Waals surface area contributed by atoms with Crippen molar-refractivity contribution in [3.8, 4) is 0 Å². The zero-order valence-corrected chi connectivity index (χ0v) is 15.6. The van der Waals surface area contributed by atoms with Crippen LogP contribution in [0.4, 0.5) is 10.5 Å². The lowest BCUT2D eigenvalue weighted by molar-refractivity contribution is -0.139. The average molecular weight is 386 g/mol. The highest BCUT2D eigenvalue weighted by atomic mass is 35.5. The van der Waals surface area contributed by atoms with Crippen molar-refractivity contribution in [2.45, 2.75) is 32.4 Å². The molecule has 2 aromatic rings. The monoisotopic (exact) mass is 385 g/mol. The van der Waals surface area contributed by atoms with Crippen LogP contribution >= 0.6 is 11.6 Å². The summed E-state index contributed by atoms with van der Waals surface area (Å²) in [6, 6.07) is 13.8. The van der Waals surface area contributed by atoms with Gasteiger partial charge in [-0.25, -0.2) is 4.79 Å². The molecule has 6 nitrogen and oxygen atoms in total. The second kappa shape index (κ2) is 8.22. The van der Waals surface area contributed by atoms with E-state index in [0.717, 1.165) is 11.1 Å². The summed E-state index contributed by atoms with van der Waals surface area (Å²) in [6.07, 6.45) is 0.562. The Bertz CT molecular complexity index is 851. The second-order valence-corrected chi connectivity index (χ2v) is 6.88. The highest BCUT2D eigenvalue weighted by Crippen LogP contribution is 2.19. The SMILES string of the molecule is CC(NC(=O)Nc1ccc(CN2C(=O)CCC2=O)cc1)c1cccc(Cl)c1. The Kier molecular flexibility index (Phi) is 5.76. The highest BCUT2D eigenvalue weighted by Gasteiger charge is 2.28. The molecule has 7 heteroatoms. The van der Waals surface area contributed by atoms with E-state index in [-0.39, 0.29) is 43.3 Å². The zero-order chi connectivity index (χ0) is 19.4. The number of anilines is 1. The fraction of sp³-hybridized carbons (Fsp3) is 0.250. The standard InChI is InChI=1S/C20H20ClN3O3/c1-13(15-3-2-4-16(21)11-15)22-20(27)23-17-7-5-14(6-8-17)12-24-18(25)9-10-19(24)26/h2-8,11,13H,9-10,12H2,1H3,(H2,22,23,27). The van der Waals surface area contributed by atoms with Crippen molar-refractivity contribution >= 4 is 35.1 Å². The summed E-state index contributed by atoms with van der Waals surface area (Å²) < 4.78 is 0. The summed E-state index contributed by atoms with van der Waals surface area (Å²) in [5, 5.41) is 6.23. The quantitative estimate of drug-likeness (QED) is 0.767. The van der Waals surface area contributed by atoms with Gasteiger partial charge in [0.05, 0.1) is 12.6 Å². The fourth-order valence-corrected chi connectivity index (χ4v) is 3.10. The predicted octanol–water partition coefficient (Wildman–Crippen LogP) is 3.87. The van der Waals surface area contributed by atoms with Crippen LogP contribution in [-0.2, 0) is 16.1 Å². The number of benzene rings is 2. The number of nitrogens with zero attached hydrogens (tertiary/aromatic N) is 1. The zero-order valence-electron chi connectivity index (χ0n) is 14.9. The molecule has 27 heavy (non-hydrogen) atoms. The van der Waals surface area contributed by atoms with Crippen LogP contribution in [-0.4, -0.2) is 22.7 Å². The molecule has 1 aliphatic rings. The van der Waals surface area contributed by atoms with Crippen molar-refractivity contribution in [3.05, 3.63) is 64.7 Å². The molecule has 1 fully saturated rings. The molecule has 0 bridgehead atoms. The van der Waals surface area contributed by atoms with Gasteiger partial charge in [-0.1, -0.05) is 35.9 Å². The number of imide groups is 1. The predicted molar refractivity (Wildman–Crippen MR) is 103 cm³/mol. The lowest BCUT2D eigenvalue weighted by Crippen LogP contribution is -2.31. The van der Waals surface area contributed by atoms with E-state index in [1.807, 2.05) is 25.1 Å². The number of carbonyl (C=O) groups excluding carboxylic acids is 3. The summed E-state index contributed by atoms with van der Waals surface area (Å²) in [5.74, 6) is -0.284. The van der Waals surface area contributed by atoms with E-state index < -0.39 is 0 Å². The molecule has 0 aliphatic carbocycles. The van der Waals surface area contributed by atoms with Gasteiger partial charge in [0.25, 0.3) is 0 Å². The number of carbonyl (C=O) groups is 3. The van der Waals surface area contributed by atoms with Crippen LogP contribution in [0.3, 0.4) is 0 Å². The highest BCUT2D eigenvalue weighted by molar-refractivity contribution is 6.30. The van der Waals surface area contributed by atoms with Crippen LogP contribution in [0, 0.1) is 0 Å².